The molecule has 0 spiro atoms. The molecule has 2 aromatic rings. The third kappa shape index (κ3) is 10.1. The van der Waals surface area contributed by atoms with E-state index in [4.69, 9.17) is 32.2 Å². The molecule has 31 heavy (non-hydrogen) atoms. The van der Waals surface area contributed by atoms with E-state index < -0.39 is 31.2 Å². The summed E-state index contributed by atoms with van der Waals surface area (Å²) in [5.41, 5.74) is 3.58. The Morgan fingerprint density at radius 2 is 1.81 bits per heavy atom. The fourth-order valence-electron chi connectivity index (χ4n) is 2.10. The normalized spacial score (nSPS) is 11.0. The summed E-state index contributed by atoms with van der Waals surface area (Å²) in [5.74, 6) is -1.42. The van der Waals surface area contributed by atoms with Gasteiger partial charge in [-0.2, -0.15) is 13.2 Å². The van der Waals surface area contributed by atoms with E-state index in [1.807, 2.05) is 0 Å². The standard InChI is InChI=1S/C15H12ClF3NO5P.C2H7NO.CH4/c1-8-4-9(15(17,18)19)6-11(5-8)20-14(21)12-7-10(16)2-3-13(12)25-26(22,23)24;3-1-2-4;/h2-7H,1H3,(H,20,21)(H2,22,23,24);4H,1-3H2;1H4. The van der Waals surface area contributed by atoms with Gasteiger partial charge in [-0.1, -0.05) is 19.0 Å². The molecule has 13 heteroatoms. The van der Waals surface area contributed by atoms with E-state index >= 15 is 0 Å². The van der Waals surface area contributed by atoms with Gasteiger partial charge >= 0.3 is 14.0 Å². The van der Waals surface area contributed by atoms with Crippen LogP contribution in [0.1, 0.15) is 28.9 Å². The number of nitrogens with one attached hydrogen (secondary N) is 1. The zero-order valence-corrected chi connectivity index (χ0v) is 17.1. The maximum absolute atomic E-state index is 12.9. The van der Waals surface area contributed by atoms with Gasteiger partial charge in [0.1, 0.15) is 5.75 Å². The number of carbonyl (C=O) groups is 1. The molecular formula is C18H23ClF3N2O6P. The lowest BCUT2D eigenvalue weighted by molar-refractivity contribution is -0.137. The van der Waals surface area contributed by atoms with Crippen LogP contribution in [0.25, 0.3) is 0 Å². The van der Waals surface area contributed by atoms with Crippen molar-refractivity contribution in [1.82, 2.24) is 0 Å². The Kier molecular flexibility index (Phi) is 11.2. The summed E-state index contributed by atoms with van der Waals surface area (Å²) in [5, 5.41) is 10.0. The molecule has 0 heterocycles. The smallest absolute Gasteiger partial charge is 0.403 e. The number of anilines is 1. The highest BCUT2D eigenvalue weighted by Gasteiger charge is 2.31. The molecule has 1 amide bonds. The van der Waals surface area contributed by atoms with Crippen LogP contribution in [0.15, 0.2) is 36.4 Å². The number of alkyl halides is 3. The third-order valence-corrected chi connectivity index (χ3v) is 3.86. The van der Waals surface area contributed by atoms with Crippen molar-refractivity contribution in [3.63, 3.8) is 0 Å². The van der Waals surface area contributed by atoms with Crippen molar-refractivity contribution in [2.45, 2.75) is 20.5 Å². The number of nitrogens with two attached hydrogens (primary N) is 1. The SMILES string of the molecule is C.Cc1cc(NC(=O)c2cc(Cl)ccc2OP(=O)(O)O)cc(C(F)(F)F)c1.NCCO. The number of hydrogen-bond donors (Lipinski definition) is 5. The minimum absolute atomic E-state index is 0. The predicted molar refractivity (Wildman–Crippen MR) is 111 cm³/mol. The summed E-state index contributed by atoms with van der Waals surface area (Å²) < 4.78 is 54.0. The molecule has 8 nitrogen and oxygen atoms in total. The van der Waals surface area contributed by atoms with Crippen molar-refractivity contribution in [2.75, 3.05) is 18.5 Å². The Morgan fingerprint density at radius 3 is 2.29 bits per heavy atom. The number of aliphatic hydroxyl groups is 1. The quantitative estimate of drug-likeness (QED) is 0.402. The zero-order valence-electron chi connectivity index (χ0n) is 15.5. The molecule has 0 saturated heterocycles. The van der Waals surface area contributed by atoms with Crippen LogP contribution in [0.2, 0.25) is 5.02 Å². The Balaban J connectivity index is 0.00000165. The van der Waals surface area contributed by atoms with E-state index in [9.17, 15) is 22.5 Å². The highest BCUT2D eigenvalue weighted by Crippen LogP contribution is 2.40. The highest BCUT2D eigenvalue weighted by atomic mass is 35.5. The van der Waals surface area contributed by atoms with Gasteiger partial charge in [-0.25, -0.2) is 4.57 Å². The van der Waals surface area contributed by atoms with Crippen molar-refractivity contribution < 1.29 is 41.9 Å². The molecular weight excluding hydrogens is 464 g/mol. The van der Waals surface area contributed by atoms with Gasteiger partial charge < -0.3 is 20.7 Å². The van der Waals surface area contributed by atoms with Gasteiger partial charge in [0.25, 0.3) is 5.91 Å². The number of aryl methyl sites for hydroxylation is 1. The van der Waals surface area contributed by atoms with Gasteiger partial charge in [0.15, 0.2) is 0 Å². The van der Waals surface area contributed by atoms with Crippen molar-refractivity contribution >= 4 is 31.0 Å². The first-order valence-electron chi connectivity index (χ1n) is 8.12. The molecule has 0 unspecified atom stereocenters. The van der Waals surface area contributed by atoms with E-state index in [0.29, 0.717) is 6.54 Å². The van der Waals surface area contributed by atoms with Crippen LogP contribution in [-0.2, 0) is 10.7 Å². The minimum Gasteiger partial charge on any atom is -0.403 e. The Labute approximate surface area is 182 Å². The van der Waals surface area contributed by atoms with Crippen LogP contribution in [0.4, 0.5) is 18.9 Å². The van der Waals surface area contributed by atoms with E-state index in [0.717, 1.165) is 24.3 Å². The van der Waals surface area contributed by atoms with Crippen molar-refractivity contribution in [3.8, 4) is 5.75 Å². The summed E-state index contributed by atoms with van der Waals surface area (Å²) in [7, 11) is -4.96. The number of amides is 1. The van der Waals surface area contributed by atoms with Gasteiger partial charge in [0.05, 0.1) is 17.7 Å². The summed E-state index contributed by atoms with van der Waals surface area (Å²) in [6.07, 6.45) is -4.60. The second-order valence-corrected chi connectivity index (χ2v) is 7.37. The topological polar surface area (TPSA) is 142 Å². The number of rotatable bonds is 5. The van der Waals surface area contributed by atoms with Gasteiger partial charge in [0, 0.05) is 17.3 Å². The summed E-state index contributed by atoms with van der Waals surface area (Å²) in [6, 6.07) is 6.32. The number of phosphoric ester groups is 1. The third-order valence-electron chi connectivity index (χ3n) is 3.20. The highest BCUT2D eigenvalue weighted by molar-refractivity contribution is 7.46. The fraction of sp³-hybridized carbons (Fsp3) is 0.278. The molecule has 0 fully saturated rings. The van der Waals surface area contributed by atoms with Gasteiger partial charge in [-0.05, 0) is 48.9 Å². The Hall–Kier alpha value is -2.14. The number of aliphatic hydroxyl groups excluding tert-OH is 1. The molecule has 2 aromatic carbocycles. The van der Waals surface area contributed by atoms with E-state index in [1.165, 1.54) is 19.1 Å². The number of phosphoric acid groups is 1. The van der Waals surface area contributed by atoms with Crippen LogP contribution in [0.5, 0.6) is 5.75 Å². The molecule has 0 aliphatic rings. The average Bonchev–Trinajstić information content (AvgIpc) is 2.61. The van der Waals surface area contributed by atoms with E-state index in [-0.39, 0.29) is 35.9 Å². The number of halogens is 4. The molecule has 0 aliphatic carbocycles. The van der Waals surface area contributed by atoms with E-state index in [1.54, 1.807) is 0 Å². The number of carbonyl (C=O) groups excluding carboxylic acids is 1. The lowest BCUT2D eigenvalue weighted by atomic mass is 10.1. The van der Waals surface area contributed by atoms with Crippen LogP contribution in [0.3, 0.4) is 0 Å². The summed E-state index contributed by atoms with van der Waals surface area (Å²) in [4.78, 5) is 30.2. The lowest BCUT2D eigenvalue weighted by Crippen LogP contribution is -2.15. The second-order valence-electron chi connectivity index (χ2n) is 5.77. The Morgan fingerprint density at radius 1 is 1.23 bits per heavy atom. The molecule has 0 radical (unpaired) electrons. The maximum Gasteiger partial charge on any atom is 0.524 e. The predicted octanol–water partition coefficient (Wildman–Crippen LogP) is 3.96. The summed E-state index contributed by atoms with van der Waals surface area (Å²) in [6.45, 7) is 1.90. The monoisotopic (exact) mass is 486 g/mol. The lowest BCUT2D eigenvalue weighted by Gasteiger charge is -2.14. The molecule has 0 aliphatic heterocycles. The van der Waals surface area contributed by atoms with Gasteiger partial charge in [-0.15, -0.1) is 0 Å². The first-order chi connectivity index (χ1) is 13.8. The molecule has 174 valence electrons. The largest absolute Gasteiger partial charge is 0.524 e. The number of benzene rings is 2. The number of hydrogen-bond acceptors (Lipinski definition) is 5. The van der Waals surface area contributed by atoms with Gasteiger partial charge in [-0.3, -0.25) is 14.6 Å². The van der Waals surface area contributed by atoms with Crippen molar-refractivity contribution in [1.29, 1.82) is 0 Å². The van der Waals surface area contributed by atoms with Crippen molar-refractivity contribution in [3.05, 3.63) is 58.1 Å². The molecule has 0 bridgehead atoms. The maximum atomic E-state index is 12.9. The zero-order chi connectivity index (χ0) is 23.1. The average molecular weight is 487 g/mol. The first-order valence-corrected chi connectivity index (χ1v) is 10.0. The second kappa shape index (κ2) is 12.0. The first kappa shape index (κ1) is 28.9. The molecule has 0 atom stereocenters. The van der Waals surface area contributed by atoms with Crippen molar-refractivity contribution in [2.24, 2.45) is 5.73 Å². The molecule has 0 aromatic heterocycles. The molecule has 0 saturated carbocycles. The fourth-order valence-corrected chi connectivity index (χ4v) is 2.69. The van der Waals surface area contributed by atoms with E-state index in [2.05, 4.69) is 9.84 Å². The molecule has 6 N–H and O–H groups in total. The summed E-state index contributed by atoms with van der Waals surface area (Å²) >= 11 is 5.77. The van der Waals surface area contributed by atoms with Crippen LogP contribution >= 0.6 is 19.4 Å². The molecule has 2 rings (SSSR count). The minimum atomic E-state index is -4.96. The van der Waals surface area contributed by atoms with Crippen LogP contribution < -0.4 is 15.6 Å². The van der Waals surface area contributed by atoms with Crippen LogP contribution in [0, 0.1) is 6.92 Å². The Bertz CT molecular complexity index is 935. The van der Waals surface area contributed by atoms with Crippen LogP contribution in [-0.4, -0.2) is 34.0 Å². The van der Waals surface area contributed by atoms with Gasteiger partial charge in [0.2, 0.25) is 0 Å².